The van der Waals surface area contributed by atoms with Crippen LogP contribution in [0, 0.1) is 11.8 Å². The largest absolute Gasteiger partial charge is 0.493 e. The molecule has 4 aliphatic rings. The van der Waals surface area contributed by atoms with Crippen molar-refractivity contribution < 1.29 is 19.1 Å². The molecule has 3 saturated heterocycles. The van der Waals surface area contributed by atoms with Crippen molar-refractivity contribution in [1.82, 2.24) is 0 Å². The van der Waals surface area contributed by atoms with Crippen LogP contribution in [0.25, 0.3) is 0 Å². The van der Waals surface area contributed by atoms with Gasteiger partial charge in [-0.1, -0.05) is 67.8 Å². The minimum Gasteiger partial charge on any atom is -0.493 e. The molecule has 4 nitrogen and oxygen atoms in total. The molecule has 4 fully saturated rings. The lowest BCUT2D eigenvalue weighted by atomic mass is 9.73. The average molecular weight is 465 g/mol. The fraction of sp³-hybridized carbons (Fsp3) is 0.600. The highest BCUT2D eigenvalue weighted by Gasteiger charge is 2.48. The summed E-state index contributed by atoms with van der Waals surface area (Å²) in [5.41, 5.74) is 0.160. The number of quaternary nitrogens is 1. The van der Waals surface area contributed by atoms with Gasteiger partial charge in [-0.25, -0.2) is 0 Å². The highest BCUT2D eigenvalue weighted by atomic mass is 16.5. The van der Waals surface area contributed by atoms with Crippen molar-refractivity contribution in [3.63, 3.8) is 0 Å². The van der Waals surface area contributed by atoms with Crippen LogP contribution >= 0.6 is 0 Å². The quantitative estimate of drug-likeness (QED) is 0.370. The molecule has 0 amide bonds. The second-order valence-electron chi connectivity index (χ2n) is 11.0. The lowest BCUT2D eigenvalue weighted by Crippen LogP contribution is -2.65. The Morgan fingerprint density at radius 2 is 1.53 bits per heavy atom. The van der Waals surface area contributed by atoms with Crippen molar-refractivity contribution in [1.29, 1.82) is 0 Å². The van der Waals surface area contributed by atoms with Crippen molar-refractivity contribution in [3.05, 3.63) is 66.2 Å². The topological polar surface area (TPSA) is 38.7 Å². The number of nitrogens with zero attached hydrogens (tertiary/aromatic N) is 1. The summed E-state index contributed by atoms with van der Waals surface area (Å²) in [6.07, 6.45) is 9.76. The number of rotatable bonds is 10. The fourth-order valence-electron chi connectivity index (χ4n) is 6.81. The Balaban J connectivity index is 1.19. The van der Waals surface area contributed by atoms with Gasteiger partial charge in [0.05, 0.1) is 32.8 Å². The number of ether oxygens (including phenoxy) is 2. The molecule has 1 saturated carbocycles. The summed E-state index contributed by atoms with van der Waals surface area (Å²) in [7, 11) is 0. The van der Waals surface area contributed by atoms with Crippen LogP contribution in [0.4, 0.5) is 0 Å². The van der Waals surface area contributed by atoms with Crippen LogP contribution in [0.1, 0.15) is 56.9 Å². The van der Waals surface area contributed by atoms with Gasteiger partial charge in [-0.3, -0.25) is 0 Å². The Labute approximate surface area is 205 Å². The first-order chi connectivity index (χ1) is 16.7. The smallest absolute Gasteiger partial charge is 0.119 e. The molecule has 0 spiro atoms. The summed E-state index contributed by atoms with van der Waals surface area (Å²) >= 11 is 0. The summed E-state index contributed by atoms with van der Waals surface area (Å²) in [5.74, 6) is 1.90. The van der Waals surface area contributed by atoms with E-state index in [1.807, 2.05) is 36.4 Å². The molecule has 184 valence electrons. The molecular weight excluding hydrogens is 422 g/mol. The Morgan fingerprint density at radius 1 is 0.853 bits per heavy atom. The van der Waals surface area contributed by atoms with E-state index >= 15 is 0 Å². The summed E-state index contributed by atoms with van der Waals surface area (Å²) in [5, 5.41) is 12.0. The molecule has 34 heavy (non-hydrogen) atoms. The SMILES string of the molecule is O[C@@](CO[C@H]1C[N+]2(CCCOc3ccccc3)CCC1CC2)(c1ccccc1)C1CCCCC1. The number of fused-ring (bicyclic) bond motifs is 3. The van der Waals surface area contributed by atoms with Gasteiger partial charge in [0.2, 0.25) is 0 Å². The zero-order chi connectivity index (χ0) is 23.3. The van der Waals surface area contributed by atoms with E-state index in [0.717, 1.165) is 54.8 Å². The van der Waals surface area contributed by atoms with Crippen LogP contribution in [0.2, 0.25) is 0 Å². The van der Waals surface area contributed by atoms with E-state index in [1.54, 1.807) is 0 Å². The second kappa shape index (κ2) is 10.8. The monoisotopic (exact) mass is 464 g/mol. The van der Waals surface area contributed by atoms with Crippen LogP contribution in [0.15, 0.2) is 60.7 Å². The molecule has 1 aliphatic carbocycles. The van der Waals surface area contributed by atoms with E-state index < -0.39 is 5.60 Å². The van der Waals surface area contributed by atoms with Crippen LogP contribution in [0.5, 0.6) is 5.75 Å². The standard InChI is InChI=1S/C30H42NO3/c32-30(26-11-4-1-5-12-26,27-13-6-2-7-14-27)24-34-29-23-31(20-17-25(29)18-21-31)19-10-22-33-28-15-8-3-9-16-28/h1,3-5,8-9,11-12,15-16,25,27,29,32H,2,6-7,10,13-14,17-24H2/q+1/t25?,29-,30-,31?/m0/s1. The number of para-hydroxylation sites is 1. The van der Waals surface area contributed by atoms with Gasteiger partial charge < -0.3 is 19.1 Å². The van der Waals surface area contributed by atoms with E-state index in [4.69, 9.17) is 9.47 Å². The number of hydrogen-bond acceptors (Lipinski definition) is 3. The first-order valence-corrected chi connectivity index (χ1v) is 13.6. The number of benzene rings is 2. The maximum absolute atomic E-state index is 12.0. The van der Waals surface area contributed by atoms with E-state index in [9.17, 15) is 5.11 Å². The van der Waals surface area contributed by atoms with Gasteiger partial charge in [-0.15, -0.1) is 0 Å². The molecule has 4 heteroatoms. The van der Waals surface area contributed by atoms with Crippen molar-refractivity contribution in [2.45, 2.75) is 63.1 Å². The molecule has 2 aromatic carbocycles. The summed E-state index contributed by atoms with van der Waals surface area (Å²) in [6.45, 7) is 5.98. The molecule has 2 aromatic rings. The molecule has 3 heterocycles. The van der Waals surface area contributed by atoms with Crippen LogP contribution in [-0.4, -0.2) is 55.1 Å². The van der Waals surface area contributed by atoms with Crippen LogP contribution in [0.3, 0.4) is 0 Å². The molecule has 6 rings (SSSR count). The number of aliphatic hydroxyl groups is 1. The fourth-order valence-corrected chi connectivity index (χ4v) is 6.81. The van der Waals surface area contributed by atoms with Gasteiger partial charge in [0.1, 0.15) is 24.0 Å². The highest BCUT2D eigenvalue weighted by Crippen LogP contribution is 2.42. The molecule has 0 radical (unpaired) electrons. The summed E-state index contributed by atoms with van der Waals surface area (Å²) < 4.78 is 13.8. The molecule has 0 unspecified atom stereocenters. The normalized spacial score (nSPS) is 29.0. The van der Waals surface area contributed by atoms with Gasteiger partial charge in [0, 0.05) is 25.2 Å². The van der Waals surface area contributed by atoms with E-state index in [0.29, 0.717) is 18.4 Å². The third-order valence-corrected chi connectivity index (χ3v) is 8.90. The molecule has 0 aromatic heterocycles. The maximum atomic E-state index is 12.0. The Kier molecular flexibility index (Phi) is 7.58. The highest BCUT2D eigenvalue weighted by molar-refractivity contribution is 5.24. The lowest BCUT2D eigenvalue weighted by molar-refractivity contribution is -0.946. The zero-order valence-corrected chi connectivity index (χ0v) is 20.6. The van der Waals surface area contributed by atoms with Gasteiger partial charge in [0.15, 0.2) is 0 Å². The zero-order valence-electron chi connectivity index (χ0n) is 20.6. The van der Waals surface area contributed by atoms with Crippen LogP contribution in [-0.2, 0) is 10.3 Å². The summed E-state index contributed by atoms with van der Waals surface area (Å²) in [6, 6.07) is 20.5. The molecule has 2 bridgehead atoms. The predicted molar refractivity (Wildman–Crippen MR) is 136 cm³/mol. The molecule has 2 atom stereocenters. The van der Waals surface area contributed by atoms with Crippen LogP contribution < -0.4 is 4.74 Å². The van der Waals surface area contributed by atoms with Gasteiger partial charge in [-0.05, 0) is 36.5 Å². The summed E-state index contributed by atoms with van der Waals surface area (Å²) in [4.78, 5) is 0. The van der Waals surface area contributed by atoms with E-state index in [2.05, 4.69) is 24.3 Å². The Morgan fingerprint density at radius 3 is 2.24 bits per heavy atom. The number of hydrogen-bond donors (Lipinski definition) is 1. The van der Waals surface area contributed by atoms with E-state index in [1.165, 1.54) is 45.2 Å². The Bertz CT molecular complexity index is 874. The first kappa shape index (κ1) is 23.8. The van der Waals surface area contributed by atoms with Gasteiger partial charge >= 0.3 is 0 Å². The van der Waals surface area contributed by atoms with E-state index in [-0.39, 0.29) is 6.10 Å². The Hall–Kier alpha value is -1.88. The van der Waals surface area contributed by atoms with Crippen molar-refractivity contribution in [3.8, 4) is 5.75 Å². The third-order valence-electron chi connectivity index (χ3n) is 8.90. The lowest BCUT2D eigenvalue weighted by Gasteiger charge is -2.53. The van der Waals surface area contributed by atoms with Gasteiger partial charge in [0.25, 0.3) is 0 Å². The second-order valence-corrected chi connectivity index (χ2v) is 11.0. The number of piperidine rings is 3. The maximum Gasteiger partial charge on any atom is 0.119 e. The van der Waals surface area contributed by atoms with Crippen molar-refractivity contribution >= 4 is 0 Å². The molecule has 3 aliphatic heterocycles. The molecule has 1 N–H and O–H groups in total. The third kappa shape index (κ3) is 5.35. The average Bonchev–Trinajstić information content (AvgIpc) is 2.92. The minimum absolute atomic E-state index is 0.261. The minimum atomic E-state index is -0.873. The van der Waals surface area contributed by atoms with Crippen molar-refractivity contribution in [2.24, 2.45) is 11.8 Å². The molecular formula is C30H42NO3+. The first-order valence-electron chi connectivity index (χ1n) is 13.6. The van der Waals surface area contributed by atoms with Gasteiger partial charge in [-0.2, -0.15) is 0 Å². The predicted octanol–water partition coefficient (Wildman–Crippen LogP) is 5.55. The van der Waals surface area contributed by atoms with Crippen molar-refractivity contribution in [2.75, 3.05) is 39.4 Å².